The Morgan fingerprint density at radius 2 is 1.61 bits per heavy atom. The van der Waals surface area contributed by atoms with Gasteiger partial charge in [0, 0.05) is 11.6 Å². The van der Waals surface area contributed by atoms with Gasteiger partial charge in [-0.1, -0.05) is 17.2 Å². The van der Waals surface area contributed by atoms with E-state index in [2.05, 4.69) is 33.7 Å². The van der Waals surface area contributed by atoms with E-state index in [0.29, 0.717) is 28.6 Å². The average molecular weight is 381 g/mol. The van der Waals surface area contributed by atoms with Crippen molar-refractivity contribution in [1.82, 2.24) is 10.2 Å². The number of aromatic nitrogens is 2. The largest absolute Gasteiger partial charge is 0.493 e. The molecule has 0 aliphatic rings. The van der Waals surface area contributed by atoms with E-state index in [0.717, 1.165) is 22.4 Å². The van der Waals surface area contributed by atoms with E-state index >= 15 is 0 Å². The number of nitrogens with one attached hydrogen (secondary N) is 2. The zero-order valence-electron chi connectivity index (χ0n) is 16.5. The van der Waals surface area contributed by atoms with E-state index in [1.54, 1.807) is 18.2 Å². The Bertz CT molecular complexity index is 991. The smallest absolute Gasteiger partial charge is 0.260 e. The molecule has 0 unspecified atom stereocenters. The average Bonchev–Trinajstić information content (AvgIpc) is 3.14. The van der Waals surface area contributed by atoms with Crippen LogP contribution in [0.5, 0.6) is 17.2 Å². The highest BCUT2D eigenvalue weighted by atomic mass is 16.5. The maximum atomic E-state index is 12.8. The lowest BCUT2D eigenvalue weighted by Crippen LogP contribution is -2.14. The van der Waals surface area contributed by atoms with Crippen LogP contribution in [0.25, 0.3) is 11.3 Å². The van der Waals surface area contributed by atoms with Crippen LogP contribution in [0.2, 0.25) is 0 Å². The van der Waals surface area contributed by atoms with Crippen molar-refractivity contribution in [2.45, 2.75) is 13.8 Å². The lowest BCUT2D eigenvalue weighted by Gasteiger charge is -2.15. The van der Waals surface area contributed by atoms with Crippen LogP contribution in [0.15, 0.2) is 36.4 Å². The molecule has 0 saturated carbocycles. The fraction of sp³-hybridized carbons (Fsp3) is 0.238. The highest BCUT2D eigenvalue weighted by Crippen LogP contribution is 2.40. The number of methoxy groups -OCH3 is 3. The standard InChI is InChI=1S/C21H23N3O4/c1-12-8-13(2)10-14(9-12)16-11-18(24-23-16)22-21(25)15-6-7-17(26-3)20(28-5)19(15)27-4/h6-11H,1-5H3,(H2,22,23,24,25). The fourth-order valence-corrected chi connectivity index (χ4v) is 3.13. The van der Waals surface area contributed by atoms with Crippen molar-refractivity contribution in [2.75, 3.05) is 26.6 Å². The Hall–Kier alpha value is -3.48. The zero-order chi connectivity index (χ0) is 20.3. The third kappa shape index (κ3) is 3.78. The summed E-state index contributed by atoms with van der Waals surface area (Å²) in [6.45, 7) is 4.08. The number of benzene rings is 2. The molecule has 0 radical (unpaired) electrons. The van der Waals surface area contributed by atoms with E-state index in [1.807, 2.05) is 13.8 Å². The number of H-pyrrole nitrogens is 1. The molecule has 0 spiro atoms. The van der Waals surface area contributed by atoms with E-state index in [9.17, 15) is 4.79 Å². The predicted octanol–water partition coefficient (Wildman–Crippen LogP) is 3.97. The van der Waals surface area contributed by atoms with Gasteiger partial charge in [0.25, 0.3) is 5.91 Å². The van der Waals surface area contributed by atoms with Gasteiger partial charge in [-0.2, -0.15) is 5.10 Å². The summed E-state index contributed by atoms with van der Waals surface area (Å²) in [5, 5.41) is 9.94. The van der Waals surface area contributed by atoms with Gasteiger partial charge in [-0.25, -0.2) is 0 Å². The van der Waals surface area contributed by atoms with Gasteiger partial charge in [-0.05, 0) is 38.1 Å². The molecule has 0 aliphatic carbocycles. The molecule has 1 amide bonds. The maximum Gasteiger partial charge on any atom is 0.260 e. The van der Waals surface area contributed by atoms with Crippen molar-refractivity contribution in [1.29, 1.82) is 0 Å². The van der Waals surface area contributed by atoms with Crippen molar-refractivity contribution in [2.24, 2.45) is 0 Å². The van der Waals surface area contributed by atoms with Crippen LogP contribution in [0.1, 0.15) is 21.5 Å². The number of aryl methyl sites for hydroxylation is 2. The molecule has 2 aromatic carbocycles. The molecule has 2 N–H and O–H groups in total. The summed E-state index contributed by atoms with van der Waals surface area (Å²) in [6.07, 6.45) is 0. The molecule has 1 heterocycles. The van der Waals surface area contributed by atoms with Gasteiger partial charge < -0.3 is 19.5 Å². The first-order chi connectivity index (χ1) is 13.5. The number of aromatic amines is 1. The Morgan fingerprint density at radius 3 is 2.21 bits per heavy atom. The number of hydrogen-bond acceptors (Lipinski definition) is 5. The first-order valence-corrected chi connectivity index (χ1v) is 8.71. The number of anilines is 1. The molecular weight excluding hydrogens is 358 g/mol. The van der Waals surface area contributed by atoms with Crippen LogP contribution in [0.4, 0.5) is 5.82 Å². The number of hydrogen-bond donors (Lipinski definition) is 2. The van der Waals surface area contributed by atoms with Crippen molar-refractivity contribution in [3.63, 3.8) is 0 Å². The second-order valence-corrected chi connectivity index (χ2v) is 6.38. The first kappa shape index (κ1) is 19.3. The number of amides is 1. The Morgan fingerprint density at radius 1 is 0.929 bits per heavy atom. The monoisotopic (exact) mass is 381 g/mol. The lowest BCUT2D eigenvalue weighted by molar-refractivity contribution is 0.102. The third-order valence-corrected chi connectivity index (χ3v) is 4.30. The lowest BCUT2D eigenvalue weighted by atomic mass is 10.1. The summed E-state index contributed by atoms with van der Waals surface area (Å²) < 4.78 is 16.0. The quantitative estimate of drug-likeness (QED) is 0.675. The van der Waals surface area contributed by atoms with Crippen molar-refractivity contribution in [3.05, 3.63) is 53.1 Å². The number of carbonyl (C=O) groups excluding carboxylic acids is 1. The third-order valence-electron chi connectivity index (χ3n) is 4.30. The summed E-state index contributed by atoms with van der Waals surface area (Å²) in [5.41, 5.74) is 4.46. The van der Waals surface area contributed by atoms with Crippen molar-refractivity contribution < 1.29 is 19.0 Å². The Kier molecular flexibility index (Phi) is 5.54. The normalized spacial score (nSPS) is 10.5. The van der Waals surface area contributed by atoms with Crippen LogP contribution in [0.3, 0.4) is 0 Å². The van der Waals surface area contributed by atoms with Crippen molar-refractivity contribution >= 4 is 11.7 Å². The molecule has 7 nitrogen and oxygen atoms in total. The topological polar surface area (TPSA) is 85.5 Å². The van der Waals surface area contributed by atoms with E-state index < -0.39 is 0 Å². The summed E-state index contributed by atoms with van der Waals surface area (Å²) in [7, 11) is 4.49. The van der Waals surface area contributed by atoms with E-state index in [-0.39, 0.29) is 5.91 Å². The molecule has 0 fully saturated rings. The second kappa shape index (κ2) is 8.04. The zero-order valence-corrected chi connectivity index (χ0v) is 16.5. The summed E-state index contributed by atoms with van der Waals surface area (Å²) in [5.74, 6) is 1.18. The number of nitrogens with zero attached hydrogens (tertiary/aromatic N) is 1. The molecule has 0 aliphatic heterocycles. The molecule has 0 atom stereocenters. The maximum absolute atomic E-state index is 12.8. The van der Waals surface area contributed by atoms with E-state index in [4.69, 9.17) is 14.2 Å². The molecule has 3 rings (SSSR count). The van der Waals surface area contributed by atoms with Gasteiger partial charge in [-0.3, -0.25) is 9.89 Å². The highest BCUT2D eigenvalue weighted by Gasteiger charge is 2.21. The molecular formula is C21H23N3O4. The fourth-order valence-electron chi connectivity index (χ4n) is 3.13. The number of rotatable bonds is 6. The van der Waals surface area contributed by atoms with Gasteiger partial charge in [0.2, 0.25) is 5.75 Å². The Labute approximate surface area is 163 Å². The summed E-state index contributed by atoms with van der Waals surface area (Å²) in [6, 6.07) is 11.3. The van der Waals surface area contributed by atoms with Gasteiger partial charge in [0.1, 0.15) is 0 Å². The molecule has 1 aromatic heterocycles. The predicted molar refractivity (Wildman–Crippen MR) is 108 cm³/mol. The van der Waals surface area contributed by atoms with Crippen molar-refractivity contribution in [3.8, 4) is 28.5 Å². The van der Waals surface area contributed by atoms with Crippen LogP contribution in [-0.2, 0) is 0 Å². The molecule has 0 bridgehead atoms. The molecule has 7 heteroatoms. The van der Waals surface area contributed by atoms with Gasteiger partial charge >= 0.3 is 0 Å². The van der Waals surface area contributed by atoms with Gasteiger partial charge in [0.15, 0.2) is 17.3 Å². The summed E-state index contributed by atoms with van der Waals surface area (Å²) >= 11 is 0. The van der Waals surface area contributed by atoms with Crippen LogP contribution in [-0.4, -0.2) is 37.4 Å². The minimum atomic E-state index is -0.365. The highest BCUT2D eigenvalue weighted by molar-refractivity contribution is 6.06. The number of carbonyl (C=O) groups is 1. The Balaban J connectivity index is 1.87. The SMILES string of the molecule is COc1ccc(C(=O)Nc2cc(-c3cc(C)cc(C)c3)[nH]n2)c(OC)c1OC. The molecule has 146 valence electrons. The summed E-state index contributed by atoms with van der Waals surface area (Å²) in [4.78, 5) is 12.8. The van der Waals surface area contributed by atoms with Gasteiger partial charge in [0.05, 0.1) is 32.6 Å². The molecule has 3 aromatic rings. The second-order valence-electron chi connectivity index (χ2n) is 6.38. The van der Waals surface area contributed by atoms with Crippen LogP contribution >= 0.6 is 0 Å². The van der Waals surface area contributed by atoms with E-state index in [1.165, 1.54) is 21.3 Å². The number of ether oxygens (including phenoxy) is 3. The van der Waals surface area contributed by atoms with Crippen LogP contribution in [0, 0.1) is 13.8 Å². The first-order valence-electron chi connectivity index (χ1n) is 8.71. The minimum Gasteiger partial charge on any atom is -0.493 e. The minimum absolute atomic E-state index is 0.296. The van der Waals surface area contributed by atoms with Gasteiger partial charge in [-0.15, -0.1) is 0 Å². The molecule has 28 heavy (non-hydrogen) atoms. The van der Waals surface area contributed by atoms with Crippen LogP contribution < -0.4 is 19.5 Å². The molecule has 0 saturated heterocycles.